The number of aromatic carboxylic acids is 1. The first-order chi connectivity index (χ1) is 8.50. The number of hydrogen-bond donors (Lipinski definition) is 2. The van der Waals surface area contributed by atoms with Gasteiger partial charge in [-0.3, -0.25) is 4.79 Å². The van der Waals surface area contributed by atoms with Gasteiger partial charge in [0.05, 0.1) is 10.5 Å². The Bertz CT molecular complexity index is 462. The molecule has 1 aliphatic heterocycles. The molecule has 5 nitrogen and oxygen atoms in total. The number of carbonyl (C=O) groups is 2. The molecule has 0 bridgehead atoms. The molecule has 0 saturated carbocycles. The largest absolute Gasteiger partial charge is 0.477 e. The maximum absolute atomic E-state index is 11.8. The highest BCUT2D eigenvalue weighted by atomic mass is 32.1. The van der Waals surface area contributed by atoms with E-state index in [2.05, 4.69) is 5.32 Å². The summed E-state index contributed by atoms with van der Waals surface area (Å²) in [7, 11) is 0. The Balaban J connectivity index is 1.93. The standard InChI is InChI=1S/C12H15NO4S/c1-12(5-2-6-17-12)7-13-10(14)8-3-4-9(18-8)11(15)16/h3-4H,2,5-7H2,1H3,(H,13,14)(H,15,16). The Morgan fingerprint density at radius 3 is 2.78 bits per heavy atom. The Labute approximate surface area is 109 Å². The molecule has 1 atom stereocenters. The summed E-state index contributed by atoms with van der Waals surface area (Å²) in [5.41, 5.74) is -0.289. The van der Waals surface area contributed by atoms with Gasteiger partial charge in [-0.25, -0.2) is 4.79 Å². The van der Waals surface area contributed by atoms with Gasteiger partial charge in [-0.05, 0) is 31.9 Å². The molecule has 2 heterocycles. The maximum atomic E-state index is 11.8. The summed E-state index contributed by atoms with van der Waals surface area (Å²) in [6.45, 7) is 3.15. The number of carboxylic acids is 1. The number of carbonyl (C=O) groups excluding carboxylic acids is 1. The average molecular weight is 269 g/mol. The van der Waals surface area contributed by atoms with Crippen LogP contribution in [0.1, 0.15) is 39.1 Å². The van der Waals surface area contributed by atoms with Gasteiger partial charge in [0, 0.05) is 13.2 Å². The van der Waals surface area contributed by atoms with E-state index in [9.17, 15) is 9.59 Å². The number of rotatable bonds is 4. The lowest BCUT2D eigenvalue weighted by molar-refractivity contribution is 0.0206. The lowest BCUT2D eigenvalue weighted by Gasteiger charge is -2.23. The van der Waals surface area contributed by atoms with E-state index in [1.54, 1.807) is 0 Å². The molecule has 2 rings (SSSR count). The van der Waals surface area contributed by atoms with Crippen LogP contribution in [-0.2, 0) is 4.74 Å². The van der Waals surface area contributed by atoms with Crippen LogP contribution in [0.3, 0.4) is 0 Å². The van der Waals surface area contributed by atoms with Gasteiger partial charge in [-0.15, -0.1) is 11.3 Å². The molecule has 1 amide bonds. The van der Waals surface area contributed by atoms with Gasteiger partial charge in [0.15, 0.2) is 0 Å². The van der Waals surface area contributed by atoms with Crippen LogP contribution in [0.25, 0.3) is 0 Å². The van der Waals surface area contributed by atoms with Crippen molar-refractivity contribution in [3.05, 3.63) is 21.9 Å². The molecular formula is C12H15NO4S. The molecule has 1 unspecified atom stereocenters. The number of thiophene rings is 1. The molecule has 98 valence electrons. The van der Waals surface area contributed by atoms with Gasteiger partial charge in [-0.1, -0.05) is 0 Å². The van der Waals surface area contributed by atoms with Crippen molar-refractivity contribution >= 4 is 23.2 Å². The van der Waals surface area contributed by atoms with Crippen molar-refractivity contribution < 1.29 is 19.4 Å². The monoisotopic (exact) mass is 269 g/mol. The molecule has 2 N–H and O–H groups in total. The van der Waals surface area contributed by atoms with Crippen LogP contribution < -0.4 is 5.32 Å². The fourth-order valence-corrected chi connectivity index (χ4v) is 2.67. The highest BCUT2D eigenvalue weighted by Crippen LogP contribution is 2.24. The van der Waals surface area contributed by atoms with Crippen molar-refractivity contribution in [1.82, 2.24) is 5.32 Å². The Kier molecular flexibility index (Phi) is 3.68. The smallest absolute Gasteiger partial charge is 0.345 e. The van der Waals surface area contributed by atoms with E-state index in [-0.39, 0.29) is 16.4 Å². The average Bonchev–Trinajstić information content (AvgIpc) is 2.95. The summed E-state index contributed by atoms with van der Waals surface area (Å²) in [4.78, 5) is 23.1. The summed E-state index contributed by atoms with van der Waals surface area (Å²) in [6, 6.07) is 2.97. The quantitative estimate of drug-likeness (QED) is 0.873. The maximum Gasteiger partial charge on any atom is 0.345 e. The van der Waals surface area contributed by atoms with Crippen molar-refractivity contribution in [2.45, 2.75) is 25.4 Å². The minimum atomic E-state index is -1.01. The molecule has 1 saturated heterocycles. The molecule has 0 radical (unpaired) electrons. The lowest BCUT2D eigenvalue weighted by Crippen LogP contribution is -2.39. The van der Waals surface area contributed by atoms with Crippen LogP contribution in [-0.4, -0.2) is 35.7 Å². The van der Waals surface area contributed by atoms with Gasteiger partial charge in [0.2, 0.25) is 0 Å². The first kappa shape index (κ1) is 13.0. The van der Waals surface area contributed by atoms with Crippen molar-refractivity contribution in [2.75, 3.05) is 13.2 Å². The van der Waals surface area contributed by atoms with Crippen molar-refractivity contribution in [2.24, 2.45) is 0 Å². The number of hydrogen-bond acceptors (Lipinski definition) is 4. The van der Waals surface area contributed by atoms with E-state index in [1.807, 2.05) is 6.92 Å². The van der Waals surface area contributed by atoms with Gasteiger partial charge in [-0.2, -0.15) is 0 Å². The molecule has 6 heteroatoms. The predicted molar refractivity (Wildman–Crippen MR) is 67.2 cm³/mol. The Morgan fingerprint density at radius 1 is 1.50 bits per heavy atom. The van der Waals surface area contributed by atoms with Crippen LogP contribution in [0.15, 0.2) is 12.1 Å². The van der Waals surface area contributed by atoms with E-state index >= 15 is 0 Å². The fourth-order valence-electron chi connectivity index (χ4n) is 1.91. The number of ether oxygens (including phenoxy) is 1. The van der Waals surface area contributed by atoms with Gasteiger partial charge in [0.1, 0.15) is 4.88 Å². The van der Waals surface area contributed by atoms with Crippen molar-refractivity contribution in [3.63, 3.8) is 0 Å². The predicted octanol–water partition coefficient (Wildman–Crippen LogP) is 1.75. The topological polar surface area (TPSA) is 75.6 Å². The molecule has 0 aromatic carbocycles. The third kappa shape index (κ3) is 2.88. The molecule has 1 fully saturated rings. The van der Waals surface area contributed by atoms with E-state index < -0.39 is 5.97 Å². The second kappa shape index (κ2) is 5.07. The van der Waals surface area contributed by atoms with Gasteiger partial charge in [0.25, 0.3) is 5.91 Å². The summed E-state index contributed by atoms with van der Waals surface area (Å²) in [5, 5.41) is 11.6. The molecule has 0 aliphatic carbocycles. The summed E-state index contributed by atoms with van der Waals surface area (Å²) in [6.07, 6.45) is 1.94. The minimum absolute atomic E-state index is 0.170. The summed E-state index contributed by atoms with van der Waals surface area (Å²) in [5.74, 6) is -1.26. The van der Waals surface area contributed by atoms with Crippen LogP contribution in [0.2, 0.25) is 0 Å². The molecular weight excluding hydrogens is 254 g/mol. The summed E-state index contributed by atoms with van der Waals surface area (Å²) < 4.78 is 5.56. The number of carboxylic acid groups (broad SMARTS) is 1. The first-order valence-corrected chi connectivity index (χ1v) is 6.57. The normalized spacial score (nSPS) is 22.9. The molecule has 1 aromatic heterocycles. The lowest BCUT2D eigenvalue weighted by atomic mass is 10.0. The highest BCUT2D eigenvalue weighted by molar-refractivity contribution is 7.15. The first-order valence-electron chi connectivity index (χ1n) is 5.75. The van der Waals surface area contributed by atoms with Crippen LogP contribution >= 0.6 is 11.3 Å². The van der Waals surface area contributed by atoms with Crippen LogP contribution in [0.4, 0.5) is 0 Å². The molecule has 1 aromatic rings. The third-order valence-electron chi connectivity index (χ3n) is 2.96. The highest BCUT2D eigenvalue weighted by Gasteiger charge is 2.30. The fraction of sp³-hybridized carbons (Fsp3) is 0.500. The zero-order valence-corrected chi connectivity index (χ0v) is 10.9. The van der Waals surface area contributed by atoms with Gasteiger partial charge >= 0.3 is 5.97 Å². The van der Waals surface area contributed by atoms with Crippen molar-refractivity contribution in [3.8, 4) is 0 Å². The number of nitrogens with one attached hydrogen (secondary N) is 1. The Hall–Kier alpha value is -1.40. The molecule has 0 spiro atoms. The van der Waals surface area contributed by atoms with E-state index in [1.165, 1.54) is 12.1 Å². The Morgan fingerprint density at radius 2 is 2.22 bits per heavy atom. The zero-order chi connectivity index (χ0) is 13.2. The summed E-state index contributed by atoms with van der Waals surface area (Å²) >= 11 is 0.978. The third-order valence-corrected chi connectivity index (χ3v) is 4.04. The molecule has 1 aliphatic rings. The second-order valence-corrected chi connectivity index (χ2v) is 5.64. The van der Waals surface area contributed by atoms with E-state index in [0.717, 1.165) is 30.8 Å². The second-order valence-electron chi connectivity index (χ2n) is 4.55. The molecule has 18 heavy (non-hydrogen) atoms. The number of amides is 1. The van der Waals surface area contributed by atoms with E-state index in [4.69, 9.17) is 9.84 Å². The van der Waals surface area contributed by atoms with Gasteiger partial charge < -0.3 is 15.2 Å². The van der Waals surface area contributed by atoms with Crippen molar-refractivity contribution in [1.29, 1.82) is 0 Å². The zero-order valence-electron chi connectivity index (χ0n) is 10.1. The van der Waals surface area contributed by atoms with Crippen LogP contribution in [0, 0.1) is 0 Å². The van der Waals surface area contributed by atoms with E-state index in [0.29, 0.717) is 11.4 Å². The SMILES string of the molecule is CC1(CNC(=O)c2ccc(C(=O)O)s2)CCCO1. The van der Waals surface area contributed by atoms with Crippen LogP contribution in [0.5, 0.6) is 0 Å². The minimum Gasteiger partial charge on any atom is -0.477 e.